The van der Waals surface area contributed by atoms with Crippen LogP contribution < -0.4 is 0 Å². The second-order valence-electron chi connectivity index (χ2n) is 8.62. The molecule has 1 aliphatic rings. The fourth-order valence-electron chi connectivity index (χ4n) is 4.27. The normalized spacial score (nSPS) is 15.4. The number of thioether (sulfide) groups is 1. The standard InChI is InChI=1S/C26H25ClN6O3S2/c1-2-36-25(35)18-7-5-11-32(14-18)24(34)21-15-37-22(29-21)16-38-26-31-30-23(17-6-4-10-28-13-17)33(26)20-9-3-8-19(27)12-20/h3-4,6,8-10,12-13,15,18H,2,5,7,11,14,16H2,1H3. The topological polar surface area (TPSA) is 103 Å². The molecule has 1 fully saturated rings. The molecule has 1 aromatic carbocycles. The second-order valence-corrected chi connectivity index (χ2v) is 10.9. The molecule has 0 bridgehead atoms. The molecule has 0 saturated carbocycles. The maximum atomic E-state index is 13.1. The summed E-state index contributed by atoms with van der Waals surface area (Å²) in [7, 11) is 0. The molecule has 38 heavy (non-hydrogen) atoms. The fraction of sp³-hybridized carbons (Fsp3) is 0.308. The monoisotopic (exact) mass is 568 g/mol. The molecule has 1 aliphatic heterocycles. The molecule has 3 aromatic heterocycles. The molecule has 0 spiro atoms. The Morgan fingerprint density at radius 3 is 2.92 bits per heavy atom. The van der Waals surface area contributed by atoms with Crippen molar-refractivity contribution in [2.45, 2.75) is 30.7 Å². The van der Waals surface area contributed by atoms with Crippen LogP contribution in [0.2, 0.25) is 5.02 Å². The van der Waals surface area contributed by atoms with Gasteiger partial charge in [-0.15, -0.1) is 21.5 Å². The van der Waals surface area contributed by atoms with Gasteiger partial charge in [0, 0.05) is 41.4 Å². The zero-order valence-electron chi connectivity index (χ0n) is 20.6. The Kier molecular flexibility index (Phi) is 8.35. The Balaban J connectivity index is 1.32. The van der Waals surface area contributed by atoms with Gasteiger partial charge in [0.25, 0.3) is 5.91 Å². The van der Waals surface area contributed by atoms with E-state index in [2.05, 4.69) is 20.2 Å². The van der Waals surface area contributed by atoms with E-state index >= 15 is 0 Å². The lowest BCUT2D eigenvalue weighted by Gasteiger charge is -2.31. The third kappa shape index (κ3) is 5.90. The first-order valence-corrected chi connectivity index (χ1v) is 14.4. The summed E-state index contributed by atoms with van der Waals surface area (Å²) in [6, 6.07) is 11.3. The van der Waals surface area contributed by atoms with Crippen molar-refractivity contribution in [3.63, 3.8) is 0 Å². The Bertz CT molecular complexity index is 1430. The minimum absolute atomic E-state index is 0.160. The number of esters is 1. The molecule has 1 saturated heterocycles. The first-order valence-electron chi connectivity index (χ1n) is 12.2. The van der Waals surface area contributed by atoms with E-state index < -0.39 is 0 Å². The number of likely N-dealkylation sites (tertiary alicyclic amines) is 1. The highest BCUT2D eigenvalue weighted by Gasteiger charge is 2.30. The third-order valence-electron chi connectivity index (χ3n) is 6.04. The van der Waals surface area contributed by atoms with E-state index in [1.807, 2.05) is 41.0 Å². The van der Waals surface area contributed by atoms with Crippen LogP contribution in [-0.2, 0) is 15.3 Å². The first kappa shape index (κ1) is 26.3. The van der Waals surface area contributed by atoms with Crippen molar-refractivity contribution in [3.05, 3.63) is 69.9 Å². The summed E-state index contributed by atoms with van der Waals surface area (Å²) in [6.07, 6.45) is 4.95. The Hall–Kier alpha value is -3.28. The van der Waals surface area contributed by atoms with Crippen molar-refractivity contribution < 1.29 is 14.3 Å². The largest absolute Gasteiger partial charge is 0.466 e. The summed E-state index contributed by atoms with van der Waals surface area (Å²) in [5.74, 6) is 0.476. The van der Waals surface area contributed by atoms with Crippen LogP contribution >= 0.6 is 34.7 Å². The van der Waals surface area contributed by atoms with E-state index in [0.717, 1.165) is 29.1 Å². The molecule has 1 amide bonds. The molecule has 4 heterocycles. The van der Waals surface area contributed by atoms with E-state index in [4.69, 9.17) is 16.3 Å². The molecule has 1 atom stereocenters. The molecule has 1 unspecified atom stereocenters. The maximum Gasteiger partial charge on any atom is 0.310 e. The maximum absolute atomic E-state index is 13.1. The van der Waals surface area contributed by atoms with Crippen molar-refractivity contribution in [2.24, 2.45) is 5.92 Å². The van der Waals surface area contributed by atoms with Crippen molar-refractivity contribution >= 4 is 46.6 Å². The molecule has 9 nitrogen and oxygen atoms in total. The summed E-state index contributed by atoms with van der Waals surface area (Å²) in [6.45, 7) is 3.09. The van der Waals surface area contributed by atoms with Gasteiger partial charge in [0.05, 0.1) is 24.0 Å². The number of carbonyl (C=O) groups excluding carboxylic acids is 2. The van der Waals surface area contributed by atoms with Crippen LogP contribution in [0.4, 0.5) is 0 Å². The molecule has 0 N–H and O–H groups in total. The van der Waals surface area contributed by atoms with E-state index in [1.165, 1.54) is 23.1 Å². The number of rotatable bonds is 8. The first-order chi connectivity index (χ1) is 18.5. The van der Waals surface area contributed by atoms with Gasteiger partial charge in [0.2, 0.25) is 0 Å². The highest BCUT2D eigenvalue weighted by molar-refractivity contribution is 7.98. The number of pyridine rings is 1. The van der Waals surface area contributed by atoms with Gasteiger partial charge < -0.3 is 9.64 Å². The highest BCUT2D eigenvalue weighted by atomic mass is 35.5. The summed E-state index contributed by atoms with van der Waals surface area (Å²) < 4.78 is 7.10. The van der Waals surface area contributed by atoms with Gasteiger partial charge in [-0.2, -0.15) is 0 Å². The number of benzene rings is 1. The van der Waals surface area contributed by atoms with E-state index in [0.29, 0.717) is 47.1 Å². The summed E-state index contributed by atoms with van der Waals surface area (Å²) >= 11 is 9.18. The lowest BCUT2D eigenvalue weighted by Crippen LogP contribution is -2.43. The third-order valence-corrected chi connectivity index (χ3v) is 8.25. The van der Waals surface area contributed by atoms with Crippen LogP contribution in [0.1, 0.15) is 35.3 Å². The molecule has 12 heteroatoms. The van der Waals surface area contributed by atoms with Crippen LogP contribution in [-0.4, -0.2) is 61.2 Å². The molecule has 0 radical (unpaired) electrons. The number of carbonyl (C=O) groups is 2. The lowest BCUT2D eigenvalue weighted by molar-refractivity contribution is -0.149. The predicted octanol–water partition coefficient (Wildman–Crippen LogP) is 5.15. The number of nitrogens with zero attached hydrogens (tertiary/aromatic N) is 6. The predicted molar refractivity (Wildman–Crippen MR) is 147 cm³/mol. The zero-order valence-corrected chi connectivity index (χ0v) is 23.0. The molecule has 5 rings (SSSR count). The van der Waals surface area contributed by atoms with E-state index in [-0.39, 0.29) is 17.8 Å². The number of thiazole rings is 1. The van der Waals surface area contributed by atoms with Gasteiger partial charge in [-0.3, -0.25) is 19.1 Å². The van der Waals surface area contributed by atoms with Crippen molar-refractivity contribution in [1.82, 2.24) is 29.6 Å². The fourth-order valence-corrected chi connectivity index (χ4v) is 6.19. The number of amides is 1. The van der Waals surface area contributed by atoms with Gasteiger partial charge in [0.1, 0.15) is 10.7 Å². The minimum Gasteiger partial charge on any atom is -0.466 e. The molecular weight excluding hydrogens is 544 g/mol. The van der Waals surface area contributed by atoms with Gasteiger partial charge in [0.15, 0.2) is 11.0 Å². The quantitative estimate of drug-likeness (QED) is 0.212. The Morgan fingerprint density at radius 1 is 1.24 bits per heavy atom. The van der Waals surface area contributed by atoms with E-state index in [1.54, 1.807) is 29.6 Å². The Labute approximate surface area is 233 Å². The zero-order chi connectivity index (χ0) is 26.5. The number of halogens is 1. The van der Waals surface area contributed by atoms with E-state index in [9.17, 15) is 9.59 Å². The minimum atomic E-state index is -0.284. The molecule has 4 aromatic rings. The average molecular weight is 569 g/mol. The lowest BCUT2D eigenvalue weighted by atomic mass is 9.98. The van der Waals surface area contributed by atoms with Gasteiger partial charge in [-0.1, -0.05) is 29.4 Å². The molecule has 196 valence electrons. The number of hydrogen-bond acceptors (Lipinski definition) is 9. The second kappa shape index (κ2) is 12.1. The van der Waals surface area contributed by atoms with Gasteiger partial charge in [-0.25, -0.2) is 4.98 Å². The summed E-state index contributed by atoms with van der Waals surface area (Å²) in [5, 5.41) is 12.7. The number of aromatic nitrogens is 5. The van der Waals surface area contributed by atoms with Crippen LogP contribution in [0.5, 0.6) is 0 Å². The van der Waals surface area contributed by atoms with Crippen LogP contribution in [0.25, 0.3) is 17.1 Å². The van der Waals surface area contributed by atoms with Crippen molar-refractivity contribution in [2.75, 3.05) is 19.7 Å². The summed E-state index contributed by atoms with van der Waals surface area (Å²) in [4.78, 5) is 35.8. The van der Waals surface area contributed by atoms with Crippen LogP contribution in [0.3, 0.4) is 0 Å². The SMILES string of the molecule is CCOC(=O)C1CCCN(C(=O)c2csc(CSc3nnc(-c4cccnc4)n3-c3cccc(Cl)c3)n2)C1. The van der Waals surface area contributed by atoms with Crippen LogP contribution in [0, 0.1) is 5.92 Å². The smallest absolute Gasteiger partial charge is 0.310 e. The van der Waals surface area contributed by atoms with Gasteiger partial charge in [-0.05, 0) is 50.1 Å². The van der Waals surface area contributed by atoms with Gasteiger partial charge >= 0.3 is 5.97 Å². The highest BCUT2D eigenvalue weighted by Crippen LogP contribution is 2.31. The van der Waals surface area contributed by atoms with Crippen LogP contribution in [0.15, 0.2) is 59.3 Å². The molecule has 0 aliphatic carbocycles. The van der Waals surface area contributed by atoms with Crippen molar-refractivity contribution in [1.29, 1.82) is 0 Å². The summed E-state index contributed by atoms with van der Waals surface area (Å²) in [5.41, 5.74) is 2.05. The number of ether oxygens (including phenoxy) is 1. The average Bonchev–Trinajstić information content (AvgIpc) is 3.60. The number of piperidine rings is 1. The molecular formula is C26H25ClN6O3S2. The number of hydrogen-bond donors (Lipinski definition) is 0. The Morgan fingerprint density at radius 2 is 2.13 bits per heavy atom. The van der Waals surface area contributed by atoms with Crippen molar-refractivity contribution in [3.8, 4) is 17.1 Å².